The van der Waals surface area contributed by atoms with Crippen LogP contribution >= 0.6 is 11.8 Å². The Hall–Kier alpha value is -4.11. The van der Waals surface area contributed by atoms with Gasteiger partial charge in [0.05, 0.1) is 48.4 Å². The molecule has 1 heterocycles. The third-order valence-corrected chi connectivity index (χ3v) is 9.45. The quantitative estimate of drug-likeness (QED) is 0.169. The molecule has 41 heavy (non-hydrogen) atoms. The fraction of sp³-hybridized carbons (Fsp3) is 0.312. The van der Waals surface area contributed by atoms with Crippen molar-refractivity contribution in [3.8, 4) is 23.0 Å². The van der Waals surface area contributed by atoms with Gasteiger partial charge in [0.15, 0.2) is 16.9 Å². The Bertz CT molecular complexity index is 2090. The van der Waals surface area contributed by atoms with E-state index < -0.39 is 0 Å². The van der Waals surface area contributed by atoms with E-state index in [1.807, 2.05) is 6.92 Å². The Kier molecular flexibility index (Phi) is 5.80. The summed E-state index contributed by atoms with van der Waals surface area (Å²) in [6, 6.07) is 1.40. The van der Waals surface area contributed by atoms with E-state index in [1.54, 1.807) is 18.9 Å². The van der Waals surface area contributed by atoms with Crippen LogP contribution in [-0.4, -0.2) is 45.3 Å². The molecule has 1 aliphatic carbocycles. The first-order valence-corrected chi connectivity index (χ1v) is 14.7. The predicted octanol–water partition coefficient (Wildman–Crippen LogP) is 5.93. The van der Waals surface area contributed by atoms with Gasteiger partial charge in [-0.15, -0.1) is 11.8 Å². The maximum Gasteiger partial charge on any atom is 0.212 e. The van der Waals surface area contributed by atoms with E-state index in [2.05, 4.69) is 23.6 Å². The highest BCUT2D eigenvalue weighted by Crippen LogP contribution is 2.57. The third-order valence-electron chi connectivity index (χ3n) is 8.36. The Labute approximate surface area is 239 Å². The van der Waals surface area contributed by atoms with Crippen LogP contribution in [0, 0.1) is 0 Å². The van der Waals surface area contributed by atoms with Crippen molar-refractivity contribution in [3.05, 3.63) is 43.2 Å². The molecule has 0 amide bonds. The van der Waals surface area contributed by atoms with Crippen LogP contribution in [0.1, 0.15) is 31.4 Å². The number of hydrogen-bond acceptors (Lipinski definition) is 9. The molecule has 2 aliphatic rings. The molecule has 0 atom stereocenters. The van der Waals surface area contributed by atoms with Gasteiger partial charge in [-0.1, -0.05) is 18.6 Å². The molecule has 7 rings (SSSR count). The normalized spacial score (nSPS) is 14.4. The number of benzene rings is 5. The van der Waals surface area contributed by atoms with Crippen LogP contribution in [0.15, 0.2) is 26.1 Å². The molecule has 0 fully saturated rings. The lowest BCUT2D eigenvalue weighted by molar-refractivity contribution is 0.373. The Morgan fingerprint density at radius 3 is 2.41 bits per heavy atom. The molecule has 0 bridgehead atoms. The summed E-state index contributed by atoms with van der Waals surface area (Å²) in [7, 11) is 4.66. The number of hydrogen-bond donors (Lipinski definition) is 3. The second-order valence-corrected chi connectivity index (χ2v) is 11.8. The Balaban J connectivity index is 1.96. The SMILES string of the molecule is CCCNc1c2c3c4c(c(OC)c(O)c5c(=O)cc(OC)c(c6c(OC)c7c(c(c1=O)c36)NCCS7)c54)CC(C)=C2. The number of phenols is 1. The van der Waals surface area contributed by atoms with Crippen molar-refractivity contribution >= 4 is 72.3 Å². The Morgan fingerprint density at radius 2 is 1.71 bits per heavy atom. The number of rotatable bonds is 6. The zero-order valence-corrected chi connectivity index (χ0v) is 24.4. The summed E-state index contributed by atoms with van der Waals surface area (Å²) >= 11 is 1.64. The number of thioether (sulfide) groups is 1. The van der Waals surface area contributed by atoms with Gasteiger partial charge >= 0.3 is 0 Å². The molecular weight excluding hydrogens is 540 g/mol. The van der Waals surface area contributed by atoms with Gasteiger partial charge in [-0.3, -0.25) is 9.59 Å². The minimum Gasteiger partial charge on any atom is -0.504 e. The second-order valence-electron chi connectivity index (χ2n) is 10.7. The van der Waals surface area contributed by atoms with Gasteiger partial charge in [0.1, 0.15) is 11.5 Å². The lowest BCUT2D eigenvalue weighted by Crippen LogP contribution is -2.19. The van der Waals surface area contributed by atoms with Gasteiger partial charge in [-0.05, 0) is 25.2 Å². The van der Waals surface area contributed by atoms with Crippen molar-refractivity contribution in [1.29, 1.82) is 0 Å². The van der Waals surface area contributed by atoms with Crippen LogP contribution in [0.3, 0.4) is 0 Å². The zero-order valence-electron chi connectivity index (χ0n) is 23.6. The van der Waals surface area contributed by atoms with E-state index in [9.17, 15) is 14.7 Å². The molecule has 0 spiro atoms. The van der Waals surface area contributed by atoms with Crippen molar-refractivity contribution in [3.63, 3.8) is 0 Å². The van der Waals surface area contributed by atoms with Crippen molar-refractivity contribution in [2.75, 3.05) is 50.8 Å². The van der Waals surface area contributed by atoms with Gasteiger partial charge in [0, 0.05) is 63.0 Å². The van der Waals surface area contributed by atoms with Gasteiger partial charge in [0.25, 0.3) is 0 Å². The number of nitrogens with one attached hydrogen (secondary N) is 2. The van der Waals surface area contributed by atoms with Gasteiger partial charge in [-0.2, -0.15) is 0 Å². The van der Waals surface area contributed by atoms with Crippen LogP contribution < -0.4 is 35.7 Å². The average Bonchev–Trinajstić information content (AvgIpc) is 3.12. The molecule has 1 aliphatic heterocycles. The molecule has 9 heteroatoms. The van der Waals surface area contributed by atoms with E-state index in [4.69, 9.17) is 14.2 Å². The maximum atomic E-state index is 14.6. The summed E-state index contributed by atoms with van der Waals surface area (Å²) in [5.41, 5.74) is 3.38. The lowest BCUT2D eigenvalue weighted by Gasteiger charge is -2.28. The highest BCUT2D eigenvalue weighted by atomic mass is 32.2. The first-order valence-electron chi connectivity index (χ1n) is 13.7. The predicted molar refractivity (Wildman–Crippen MR) is 168 cm³/mol. The molecule has 0 saturated heterocycles. The van der Waals surface area contributed by atoms with E-state index in [-0.39, 0.29) is 27.7 Å². The average molecular weight is 571 g/mol. The van der Waals surface area contributed by atoms with Crippen molar-refractivity contribution in [2.45, 2.75) is 31.6 Å². The summed E-state index contributed by atoms with van der Waals surface area (Å²) in [5, 5.41) is 23.6. The highest BCUT2D eigenvalue weighted by molar-refractivity contribution is 7.99. The summed E-state index contributed by atoms with van der Waals surface area (Å²) in [4.78, 5) is 29.1. The summed E-state index contributed by atoms with van der Waals surface area (Å²) in [6.45, 7) is 5.41. The van der Waals surface area contributed by atoms with E-state index in [0.29, 0.717) is 58.2 Å². The molecule has 0 aromatic heterocycles. The van der Waals surface area contributed by atoms with Crippen LogP contribution in [-0.2, 0) is 6.42 Å². The molecule has 0 radical (unpaired) electrons. The van der Waals surface area contributed by atoms with E-state index in [1.165, 1.54) is 20.3 Å². The molecule has 5 aromatic rings. The minimum absolute atomic E-state index is 0.0836. The van der Waals surface area contributed by atoms with Gasteiger partial charge in [0.2, 0.25) is 5.43 Å². The van der Waals surface area contributed by atoms with E-state index in [0.717, 1.165) is 55.6 Å². The highest BCUT2D eigenvalue weighted by Gasteiger charge is 2.34. The summed E-state index contributed by atoms with van der Waals surface area (Å²) < 4.78 is 17.8. The summed E-state index contributed by atoms with van der Waals surface area (Å²) in [5.74, 6) is 1.87. The first-order chi connectivity index (χ1) is 19.9. The number of aromatic hydroxyl groups is 1. The molecule has 0 saturated carbocycles. The number of ether oxygens (including phenoxy) is 3. The number of allylic oxidation sites excluding steroid dienone is 1. The van der Waals surface area contributed by atoms with Crippen LogP contribution in [0.5, 0.6) is 23.0 Å². The first kappa shape index (κ1) is 25.8. The molecule has 0 unspecified atom stereocenters. The van der Waals surface area contributed by atoms with Crippen molar-refractivity contribution in [2.24, 2.45) is 0 Å². The largest absolute Gasteiger partial charge is 0.504 e. The molecule has 210 valence electrons. The molecule has 3 N–H and O–H groups in total. The summed E-state index contributed by atoms with van der Waals surface area (Å²) in [6.07, 6.45) is 3.37. The number of methoxy groups -OCH3 is 3. The van der Waals surface area contributed by atoms with Crippen LogP contribution in [0.25, 0.3) is 49.2 Å². The van der Waals surface area contributed by atoms with Crippen molar-refractivity contribution < 1.29 is 19.3 Å². The number of phenolic OH excluding ortho intramolecular Hbond substituents is 1. The Morgan fingerprint density at radius 1 is 0.951 bits per heavy atom. The van der Waals surface area contributed by atoms with Crippen LogP contribution in [0.2, 0.25) is 0 Å². The van der Waals surface area contributed by atoms with Crippen molar-refractivity contribution in [1.82, 2.24) is 0 Å². The lowest BCUT2D eigenvalue weighted by atomic mass is 9.83. The smallest absolute Gasteiger partial charge is 0.212 e. The van der Waals surface area contributed by atoms with E-state index >= 15 is 0 Å². The third kappa shape index (κ3) is 3.23. The van der Waals surface area contributed by atoms with Crippen LogP contribution in [0.4, 0.5) is 11.4 Å². The fourth-order valence-electron chi connectivity index (χ4n) is 6.88. The molecule has 8 nitrogen and oxygen atoms in total. The number of anilines is 2. The molecular formula is C32H30N2O6S. The fourth-order valence-corrected chi connectivity index (χ4v) is 7.92. The second kappa shape index (κ2) is 9.21. The minimum atomic E-state index is -0.368. The maximum absolute atomic E-state index is 14.6. The zero-order chi connectivity index (χ0) is 28.7. The topological polar surface area (TPSA) is 106 Å². The monoisotopic (exact) mass is 570 g/mol. The number of fused-ring (bicyclic) bond motifs is 3. The standard InChI is InChI=1S/C32H30N2O6S/c1-6-7-33-26-14-10-13(2)11-15-19-18(14)23-24(31(40-5)32-27(25(23)28(26)36)34-8-9-41-32)21-17(38-3)12-16(35)20(22(19)21)29(37)30(15)39-4/h10,12,33-34,37H,6-9,11H2,1-5H3. The van der Waals surface area contributed by atoms with Gasteiger partial charge < -0.3 is 30.0 Å². The van der Waals surface area contributed by atoms with Gasteiger partial charge in [-0.25, -0.2) is 0 Å². The molecule has 5 aromatic carbocycles.